The van der Waals surface area contributed by atoms with Crippen LogP contribution in [0.1, 0.15) is 11.1 Å². The van der Waals surface area contributed by atoms with E-state index < -0.39 is 12.0 Å². The molecule has 0 amide bonds. The van der Waals surface area contributed by atoms with E-state index in [0.29, 0.717) is 5.56 Å². The summed E-state index contributed by atoms with van der Waals surface area (Å²) in [5, 5.41) is 9.53. The minimum absolute atomic E-state index is 0.153. The van der Waals surface area contributed by atoms with Crippen LogP contribution < -0.4 is 5.73 Å². The highest BCUT2D eigenvalue weighted by Gasteiger charge is 2.16. The molecule has 0 aliphatic heterocycles. The third kappa shape index (κ3) is 2.95. The SMILES string of the molecule is COC(=O)[C@@H](N)Cc1cc(C)ccc1O. The number of benzene rings is 1. The fourth-order valence-corrected chi connectivity index (χ4v) is 1.35. The molecular formula is C11H15NO3. The Hall–Kier alpha value is -1.55. The van der Waals surface area contributed by atoms with Gasteiger partial charge in [0.25, 0.3) is 0 Å². The molecule has 4 heteroatoms. The topological polar surface area (TPSA) is 72.5 Å². The largest absolute Gasteiger partial charge is 0.508 e. The Balaban J connectivity index is 2.80. The van der Waals surface area contributed by atoms with Gasteiger partial charge in [-0.2, -0.15) is 0 Å². The van der Waals surface area contributed by atoms with Crippen molar-refractivity contribution in [1.82, 2.24) is 0 Å². The normalized spacial score (nSPS) is 12.2. The van der Waals surface area contributed by atoms with Gasteiger partial charge >= 0.3 is 5.97 Å². The van der Waals surface area contributed by atoms with E-state index in [1.54, 1.807) is 18.2 Å². The molecule has 1 aromatic carbocycles. The summed E-state index contributed by atoms with van der Waals surface area (Å²) in [5.74, 6) is -0.323. The number of rotatable bonds is 3. The molecule has 1 atom stereocenters. The minimum atomic E-state index is -0.734. The maximum atomic E-state index is 11.1. The lowest BCUT2D eigenvalue weighted by Crippen LogP contribution is -2.33. The average molecular weight is 209 g/mol. The third-order valence-electron chi connectivity index (χ3n) is 2.18. The van der Waals surface area contributed by atoms with Crippen LogP contribution >= 0.6 is 0 Å². The van der Waals surface area contributed by atoms with Crippen LogP contribution in [-0.2, 0) is 16.0 Å². The molecule has 0 aliphatic carbocycles. The summed E-state index contributed by atoms with van der Waals surface area (Å²) in [6, 6.07) is 4.46. The first-order valence-corrected chi connectivity index (χ1v) is 4.66. The van der Waals surface area contributed by atoms with Crippen LogP contribution in [0, 0.1) is 6.92 Å². The quantitative estimate of drug-likeness (QED) is 0.720. The van der Waals surface area contributed by atoms with Crippen molar-refractivity contribution in [1.29, 1.82) is 0 Å². The first-order chi connectivity index (χ1) is 7.04. The molecule has 0 saturated carbocycles. The molecule has 0 spiro atoms. The van der Waals surface area contributed by atoms with Gasteiger partial charge in [0, 0.05) is 6.42 Å². The van der Waals surface area contributed by atoms with Crippen molar-refractivity contribution in [3.8, 4) is 5.75 Å². The lowest BCUT2D eigenvalue weighted by atomic mass is 10.0. The number of carbonyl (C=O) groups is 1. The predicted molar refractivity (Wildman–Crippen MR) is 56.5 cm³/mol. The highest BCUT2D eigenvalue weighted by atomic mass is 16.5. The first kappa shape index (κ1) is 11.5. The maximum Gasteiger partial charge on any atom is 0.322 e. The van der Waals surface area contributed by atoms with E-state index in [1.807, 2.05) is 6.92 Å². The number of phenols is 1. The summed E-state index contributed by atoms with van der Waals surface area (Å²) >= 11 is 0. The van der Waals surface area contributed by atoms with Gasteiger partial charge in [0.15, 0.2) is 0 Å². The number of hydrogen-bond acceptors (Lipinski definition) is 4. The van der Waals surface area contributed by atoms with Gasteiger partial charge < -0.3 is 15.6 Å². The molecule has 0 unspecified atom stereocenters. The molecule has 0 saturated heterocycles. The Bertz CT molecular complexity index is 363. The standard InChI is InChI=1S/C11H15NO3/c1-7-3-4-10(13)8(5-7)6-9(12)11(14)15-2/h3-5,9,13H,6,12H2,1-2H3/t9-/m0/s1. The summed E-state index contributed by atoms with van der Waals surface area (Å²) in [6.07, 6.45) is 0.278. The van der Waals surface area contributed by atoms with Gasteiger partial charge in [-0.25, -0.2) is 0 Å². The van der Waals surface area contributed by atoms with Gasteiger partial charge in [-0.15, -0.1) is 0 Å². The number of nitrogens with two attached hydrogens (primary N) is 1. The highest BCUT2D eigenvalue weighted by Crippen LogP contribution is 2.19. The summed E-state index contributed by atoms with van der Waals surface area (Å²) in [7, 11) is 1.29. The second kappa shape index (κ2) is 4.79. The van der Waals surface area contributed by atoms with Gasteiger partial charge in [0.2, 0.25) is 0 Å². The number of carbonyl (C=O) groups excluding carboxylic acids is 1. The molecule has 0 aromatic heterocycles. The van der Waals surface area contributed by atoms with E-state index in [2.05, 4.69) is 4.74 Å². The van der Waals surface area contributed by atoms with E-state index in [0.717, 1.165) is 5.56 Å². The lowest BCUT2D eigenvalue weighted by Gasteiger charge is -2.10. The number of hydrogen-bond donors (Lipinski definition) is 2. The van der Waals surface area contributed by atoms with Gasteiger partial charge in [0.1, 0.15) is 11.8 Å². The van der Waals surface area contributed by atoms with Gasteiger partial charge in [-0.1, -0.05) is 17.7 Å². The lowest BCUT2D eigenvalue weighted by molar-refractivity contribution is -0.142. The third-order valence-corrected chi connectivity index (χ3v) is 2.18. The van der Waals surface area contributed by atoms with Gasteiger partial charge in [0.05, 0.1) is 7.11 Å². The number of esters is 1. The number of phenolic OH excluding ortho intramolecular Hbond substituents is 1. The number of aryl methyl sites for hydroxylation is 1. The van der Waals surface area contributed by atoms with E-state index in [-0.39, 0.29) is 12.2 Å². The molecule has 4 nitrogen and oxygen atoms in total. The Labute approximate surface area is 88.7 Å². The molecule has 0 heterocycles. The molecule has 1 rings (SSSR count). The highest BCUT2D eigenvalue weighted by molar-refractivity contribution is 5.75. The summed E-state index contributed by atoms with van der Waals surface area (Å²) in [4.78, 5) is 11.1. The molecule has 0 fully saturated rings. The Morgan fingerprint density at radius 1 is 1.60 bits per heavy atom. The smallest absolute Gasteiger partial charge is 0.322 e. The van der Waals surface area contributed by atoms with Crippen molar-refractivity contribution < 1.29 is 14.6 Å². The molecule has 3 N–H and O–H groups in total. The summed E-state index contributed by atoms with van der Waals surface area (Å²) in [5.41, 5.74) is 7.27. The van der Waals surface area contributed by atoms with Crippen LogP contribution in [0.25, 0.3) is 0 Å². The maximum absolute atomic E-state index is 11.1. The van der Waals surface area contributed by atoms with E-state index in [1.165, 1.54) is 7.11 Å². The molecule has 0 aliphatic rings. The molecule has 0 bridgehead atoms. The second-order valence-electron chi connectivity index (χ2n) is 3.47. The fourth-order valence-electron chi connectivity index (χ4n) is 1.35. The zero-order chi connectivity index (χ0) is 11.4. The van der Waals surface area contributed by atoms with E-state index in [9.17, 15) is 9.90 Å². The van der Waals surface area contributed by atoms with Gasteiger partial charge in [-0.3, -0.25) is 4.79 Å². The fraction of sp³-hybridized carbons (Fsp3) is 0.364. The number of aromatic hydroxyl groups is 1. The van der Waals surface area contributed by atoms with Crippen LogP contribution in [0.3, 0.4) is 0 Å². The first-order valence-electron chi connectivity index (χ1n) is 4.66. The Morgan fingerprint density at radius 3 is 2.87 bits per heavy atom. The van der Waals surface area contributed by atoms with Crippen LogP contribution in [0.2, 0.25) is 0 Å². The van der Waals surface area contributed by atoms with Gasteiger partial charge in [-0.05, 0) is 18.6 Å². The number of ether oxygens (including phenoxy) is 1. The second-order valence-corrected chi connectivity index (χ2v) is 3.47. The Kier molecular flexibility index (Phi) is 3.68. The molecule has 15 heavy (non-hydrogen) atoms. The average Bonchev–Trinajstić information content (AvgIpc) is 2.22. The van der Waals surface area contributed by atoms with Crippen molar-refractivity contribution in [2.24, 2.45) is 5.73 Å². The molecule has 1 aromatic rings. The summed E-state index contributed by atoms with van der Waals surface area (Å²) in [6.45, 7) is 1.91. The molecular weight excluding hydrogens is 194 g/mol. The molecule has 0 radical (unpaired) electrons. The zero-order valence-corrected chi connectivity index (χ0v) is 8.86. The molecule has 82 valence electrons. The van der Waals surface area contributed by atoms with Crippen molar-refractivity contribution in [3.05, 3.63) is 29.3 Å². The zero-order valence-electron chi connectivity index (χ0n) is 8.86. The van der Waals surface area contributed by atoms with Crippen molar-refractivity contribution in [3.63, 3.8) is 0 Å². The van der Waals surface area contributed by atoms with Crippen molar-refractivity contribution in [2.45, 2.75) is 19.4 Å². The predicted octanol–water partition coefficient (Wildman–Crippen LogP) is 0.743. The summed E-state index contributed by atoms with van der Waals surface area (Å²) < 4.78 is 4.51. The van der Waals surface area contributed by atoms with Crippen LogP contribution in [0.5, 0.6) is 5.75 Å². The van der Waals surface area contributed by atoms with Crippen LogP contribution in [-0.4, -0.2) is 24.2 Å². The number of methoxy groups -OCH3 is 1. The monoisotopic (exact) mass is 209 g/mol. The van der Waals surface area contributed by atoms with Crippen LogP contribution in [0.15, 0.2) is 18.2 Å². The van der Waals surface area contributed by atoms with Crippen LogP contribution in [0.4, 0.5) is 0 Å². The minimum Gasteiger partial charge on any atom is -0.508 e. The van der Waals surface area contributed by atoms with E-state index >= 15 is 0 Å². The van der Waals surface area contributed by atoms with Crippen molar-refractivity contribution >= 4 is 5.97 Å². The van der Waals surface area contributed by atoms with Crippen molar-refractivity contribution in [2.75, 3.05) is 7.11 Å². The van der Waals surface area contributed by atoms with E-state index in [4.69, 9.17) is 5.73 Å². The Morgan fingerprint density at radius 2 is 2.27 bits per heavy atom.